The summed E-state index contributed by atoms with van der Waals surface area (Å²) < 4.78 is 6.16. The van der Waals surface area contributed by atoms with Crippen LogP contribution in [0.1, 0.15) is 18.7 Å². The molecule has 2 N–H and O–H groups in total. The third kappa shape index (κ3) is 6.04. The van der Waals surface area contributed by atoms with Crippen molar-refractivity contribution in [3.05, 3.63) is 21.8 Å². The van der Waals surface area contributed by atoms with Crippen molar-refractivity contribution in [1.29, 1.82) is 0 Å². The number of rotatable bonds is 8. The van der Waals surface area contributed by atoms with Crippen molar-refractivity contribution in [2.75, 3.05) is 20.1 Å². The van der Waals surface area contributed by atoms with Gasteiger partial charge in [0.25, 0.3) is 0 Å². The number of hydrogen-bond donors (Lipinski definition) is 2. The number of aromatic nitrogens is 2. The predicted molar refractivity (Wildman–Crippen MR) is 92.4 cm³/mol. The molecule has 22 heavy (non-hydrogen) atoms. The first-order valence-corrected chi connectivity index (χ1v) is 8.34. The number of amides is 1. The molecule has 0 radical (unpaired) electrons. The molecule has 0 fully saturated rings. The van der Waals surface area contributed by atoms with Crippen LogP contribution in [0.3, 0.4) is 0 Å². The summed E-state index contributed by atoms with van der Waals surface area (Å²) in [5, 5.41) is 11.8. The van der Waals surface area contributed by atoms with Crippen LogP contribution in [-0.4, -0.2) is 36.2 Å². The van der Waals surface area contributed by atoms with Crippen molar-refractivity contribution in [2.24, 2.45) is 0 Å². The summed E-state index contributed by atoms with van der Waals surface area (Å²) in [6, 6.07) is 1.94. The van der Waals surface area contributed by atoms with Crippen LogP contribution < -0.4 is 10.6 Å². The Labute approximate surface area is 147 Å². The molecular weight excluding hydrogens is 392 g/mol. The lowest BCUT2D eigenvalue weighted by Crippen LogP contribution is -2.26. The van der Waals surface area contributed by atoms with Gasteiger partial charge in [0.1, 0.15) is 0 Å². The van der Waals surface area contributed by atoms with E-state index in [9.17, 15) is 4.79 Å². The lowest BCUT2D eigenvalue weighted by Gasteiger charge is -2.03. The summed E-state index contributed by atoms with van der Waals surface area (Å²) >= 11 is 4.93. The van der Waals surface area contributed by atoms with Gasteiger partial charge in [0, 0.05) is 29.2 Å². The average Bonchev–Trinajstić information content (AvgIpc) is 3.10. The summed E-state index contributed by atoms with van der Waals surface area (Å²) in [6.45, 7) is 1.57. The van der Waals surface area contributed by atoms with Gasteiger partial charge in [0.05, 0.1) is 4.88 Å². The van der Waals surface area contributed by atoms with Crippen LogP contribution >= 0.6 is 39.7 Å². The minimum absolute atomic E-state index is 0. The van der Waals surface area contributed by atoms with E-state index in [-0.39, 0.29) is 18.3 Å². The van der Waals surface area contributed by atoms with Gasteiger partial charge < -0.3 is 15.2 Å². The highest BCUT2D eigenvalue weighted by Crippen LogP contribution is 2.27. The molecule has 0 saturated heterocycles. The van der Waals surface area contributed by atoms with Crippen LogP contribution in [0.4, 0.5) is 0 Å². The van der Waals surface area contributed by atoms with Crippen LogP contribution in [-0.2, 0) is 11.2 Å². The maximum absolute atomic E-state index is 11.6. The average molecular weight is 410 g/mol. The van der Waals surface area contributed by atoms with Gasteiger partial charge in [0.15, 0.2) is 0 Å². The fourth-order valence-corrected chi connectivity index (χ4v) is 3.04. The third-order valence-electron chi connectivity index (χ3n) is 2.75. The van der Waals surface area contributed by atoms with E-state index in [1.807, 2.05) is 18.5 Å². The van der Waals surface area contributed by atoms with Crippen molar-refractivity contribution < 1.29 is 9.32 Å². The molecule has 1 amide bonds. The smallest absolute Gasteiger partial charge is 0.227 e. The highest BCUT2D eigenvalue weighted by atomic mass is 79.9. The molecule has 0 bridgehead atoms. The molecule has 0 unspecified atom stereocenters. The van der Waals surface area contributed by atoms with E-state index in [0.717, 1.165) is 22.3 Å². The van der Waals surface area contributed by atoms with Crippen LogP contribution in [0, 0.1) is 0 Å². The molecule has 2 heterocycles. The second-order valence-corrected chi connectivity index (χ2v) is 6.27. The Morgan fingerprint density at radius 2 is 2.27 bits per heavy atom. The molecule has 9 heteroatoms. The maximum Gasteiger partial charge on any atom is 0.227 e. The first-order valence-electron chi connectivity index (χ1n) is 6.67. The normalized spacial score (nSPS) is 10.3. The quantitative estimate of drug-likeness (QED) is 0.655. The van der Waals surface area contributed by atoms with E-state index in [4.69, 9.17) is 4.52 Å². The van der Waals surface area contributed by atoms with Crippen molar-refractivity contribution >= 4 is 45.6 Å². The predicted octanol–water partition coefficient (Wildman–Crippen LogP) is 2.64. The molecule has 0 atom stereocenters. The van der Waals surface area contributed by atoms with E-state index < -0.39 is 0 Å². The van der Waals surface area contributed by atoms with Gasteiger partial charge in [-0.25, -0.2) is 0 Å². The van der Waals surface area contributed by atoms with Crippen LogP contribution in [0.15, 0.2) is 20.4 Å². The Morgan fingerprint density at radius 3 is 2.95 bits per heavy atom. The largest absolute Gasteiger partial charge is 0.356 e. The second-order valence-electron chi connectivity index (χ2n) is 4.45. The zero-order chi connectivity index (χ0) is 15.1. The number of thiophene rings is 1. The van der Waals surface area contributed by atoms with Gasteiger partial charge >= 0.3 is 0 Å². The Bertz CT molecular complexity index is 590. The number of carbonyl (C=O) groups excluding carboxylic acids is 1. The topological polar surface area (TPSA) is 80.0 Å². The number of carbonyl (C=O) groups is 1. The zero-order valence-corrected chi connectivity index (χ0v) is 15.3. The van der Waals surface area contributed by atoms with E-state index in [0.29, 0.717) is 31.1 Å². The molecule has 0 aromatic carbocycles. The van der Waals surface area contributed by atoms with Gasteiger partial charge in [-0.15, -0.1) is 23.7 Å². The summed E-state index contributed by atoms with van der Waals surface area (Å²) in [6.07, 6.45) is 1.73. The lowest BCUT2D eigenvalue weighted by molar-refractivity contribution is -0.121. The highest BCUT2D eigenvalue weighted by Gasteiger charge is 2.11. The monoisotopic (exact) mass is 408 g/mol. The minimum atomic E-state index is 0. The maximum atomic E-state index is 11.6. The fourth-order valence-electron chi connectivity index (χ4n) is 1.69. The van der Waals surface area contributed by atoms with Crippen molar-refractivity contribution in [2.45, 2.75) is 19.3 Å². The Kier molecular flexibility index (Phi) is 8.62. The Hall–Kier alpha value is -0.960. The molecule has 0 aliphatic rings. The minimum Gasteiger partial charge on any atom is -0.356 e. The van der Waals surface area contributed by atoms with Crippen molar-refractivity contribution in [3.8, 4) is 10.7 Å². The first kappa shape index (κ1) is 19.1. The van der Waals surface area contributed by atoms with Gasteiger partial charge in [-0.3, -0.25) is 4.79 Å². The van der Waals surface area contributed by atoms with Crippen LogP contribution in [0.5, 0.6) is 0 Å². The fraction of sp³-hybridized carbons (Fsp3) is 0.462. The molecule has 0 aliphatic heterocycles. The van der Waals surface area contributed by atoms with Crippen molar-refractivity contribution in [1.82, 2.24) is 20.8 Å². The van der Waals surface area contributed by atoms with Crippen LogP contribution in [0.25, 0.3) is 10.7 Å². The Balaban J connectivity index is 0.00000242. The van der Waals surface area contributed by atoms with E-state index in [1.165, 1.54) is 11.3 Å². The van der Waals surface area contributed by atoms with Crippen LogP contribution in [0.2, 0.25) is 0 Å². The van der Waals surface area contributed by atoms with Gasteiger partial charge in [-0.05, 0) is 42.0 Å². The summed E-state index contributed by atoms with van der Waals surface area (Å²) in [5.41, 5.74) is 0. The molecule has 0 aliphatic carbocycles. The number of nitrogens with zero attached hydrogens (tertiary/aromatic N) is 2. The SMILES string of the molecule is CNCCCNC(=O)CCc1nc(-c2cc(Br)cs2)no1.Cl. The molecule has 0 spiro atoms. The number of aryl methyl sites for hydroxylation is 1. The lowest BCUT2D eigenvalue weighted by atomic mass is 10.3. The second kappa shape index (κ2) is 9.94. The van der Waals surface area contributed by atoms with E-state index >= 15 is 0 Å². The van der Waals surface area contributed by atoms with Gasteiger partial charge in [-0.2, -0.15) is 4.98 Å². The van der Waals surface area contributed by atoms with E-state index in [1.54, 1.807) is 0 Å². The molecule has 2 rings (SSSR count). The van der Waals surface area contributed by atoms with Gasteiger partial charge in [0.2, 0.25) is 17.6 Å². The molecule has 2 aromatic heterocycles. The van der Waals surface area contributed by atoms with Crippen molar-refractivity contribution in [3.63, 3.8) is 0 Å². The zero-order valence-electron chi connectivity index (χ0n) is 12.1. The summed E-state index contributed by atoms with van der Waals surface area (Å²) in [4.78, 5) is 16.9. The third-order valence-corrected chi connectivity index (χ3v) is 4.43. The number of halogens is 2. The number of hydrogen-bond acceptors (Lipinski definition) is 6. The van der Waals surface area contributed by atoms with Gasteiger partial charge in [-0.1, -0.05) is 5.16 Å². The first-order chi connectivity index (χ1) is 10.2. The Morgan fingerprint density at radius 1 is 1.45 bits per heavy atom. The summed E-state index contributed by atoms with van der Waals surface area (Å²) in [7, 11) is 1.89. The molecule has 122 valence electrons. The highest BCUT2D eigenvalue weighted by molar-refractivity contribution is 9.10. The molecule has 0 saturated carbocycles. The van der Waals surface area contributed by atoms with E-state index in [2.05, 4.69) is 36.7 Å². The molecular formula is C13H18BrClN4O2S. The molecule has 6 nitrogen and oxygen atoms in total. The molecule has 2 aromatic rings. The number of nitrogens with one attached hydrogen (secondary N) is 2. The summed E-state index contributed by atoms with van der Waals surface area (Å²) in [5.74, 6) is 1.06. The standard InChI is InChI=1S/C13H17BrN4O2S.ClH/c1-15-5-2-6-16-11(19)3-4-12-17-13(18-20-12)10-7-9(14)8-21-10;/h7-8,15H,2-6H2,1H3,(H,16,19);1H.